The zero-order valence-electron chi connectivity index (χ0n) is 16.5. The van der Waals surface area contributed by atoms with Crippen LogP contribution >= 0.6 is 0 Å². The number of carbonyl (C=O) groups is 2. The minimum Gasteiger partial charge on any atom is -0.478 e. The van der Waals surface area contributed by atoms with Crippen LogP contribution in [0.5, 0.6) is 0 Å². The molecule has 0 heterocycles. The van der Waals surface area contributed by atoms with Gasteiger partial charge in [-0.25, -0.2) is 9.59 Å². The first-order valence-corrected chi connectivity index (χ1v) is 9.66. The lowest BCUT2D eigenvalue weighted by molar-refractivity contribution is -0.0407. The van der Waals surface area contributed by atoms with Gasteiger partial charge in [-0.1, -0.05) is 36.4 Å². The van der Waals surface area contributed by atoms with Crippen LogP contribution in [0, 0.1) is 0 Å². The van der Waals surface area contributed by atoms with E-state index in [9.17, 15) is 24.9 Å². The van der Waals surface area contributed by atoms with Crippen LogP contribution in [0.4, 0.5) is 0 Å². The number of aromatic carboxylic acids is 1. The Balaban J connectivity index is 1.87. The summed E-state index contributed by atoms with van der Waals surface area (Å²) in [6.45, 7) is 1.87. The van der Waals surface area contributed by atoms with Crippen molar-refractivity contribution in [3.05, 3.63) is 82.9 Å². The number of hydrogen-bond acceptors (Lipinski definition) is 6. The second-order valence-electron chi connectivity index (χ2n) is 6.96. The third-order valence-corrected chi connectivity index (χ3v) is 5.09. The highest BCUT2D eigenvalue weighted by atomic mass is 16.5. The first-order valence-electron chi connectivity index (χ1n) is 9.66. The fourth-order valence-electron chi connectivity index (χ4n) is 3.65. The van der Waals surface area contributed by atoms with Crippen molar-refractivity contribution < 1.29 is 34.4 Å². The van der Waals surface area contributed by atoms with Crippen molar-refractivity contribution in [2.45, 2.75) is 31.2 Å². The van der Waals surface area contributed by atoms with Crippen LogP contribution in [0.3, 0.4) is 0 Å². The number of rotatable bonds is 7. The minimum atomic E-state index is -1.34. The molecule has 0 radical (unpaired) electrons. The number of carboxylic acid groups (broad SMARTS) is 1. The molecule has 3 N–H and O–H groups in total. The standard InChI is InChI=1S/C23H24O7/c1-2-29-18-12-15(13-30-23(28)14-8-4-3-5-9-14)20(24)21(25)19(18)16-10-6-7-11-17(16)22(26)27/h3-12,18-21,24-25H,2,13H2,1H3,(H,26,27). The van der Waals surface area contributed by atoms with Crippen molar-refractivity contribution in [3.8, 4) is 0 Å². The van der Waals surface area contributed by atoms with Gasteiger partial charge in [0.1, 0.15) is 12.7 Å². The summed E-state index contributed by atoms with van der Waals surface area (Å²) < 4.78 is 11.0. The molecule has 0 fully saturated rings. The van der Waals surface area contributed by atoms with Gasteiger partial charge in [0, 0.05) is 12.5 Å². The van der Waals surface area contributed by atoms with Gasteiger partial charge in [-0.2, -0.15) is 0 Å². The molecule has 2 aromatic rings. The zero-order valence-corrected chi connectivity index (χ0v) is 16.5. The van der Waals surface area contributed by atoms with Gasteiger partial charge in [-0.3, -0.25) is 0 Å². The molecule has 4 unspecified atom stereocenters. The molecular formula is C23H24O7. The van der Waals surface area contributed by atoms with Gasteiger partial charge in [-0.15, -0.1) is 0 Å². The van der Waals surface area contributed by atoms with Gasteiger partial charge in [0.15, 0.2) is 0 Å². The molecule has 7 heteroatoms. The van der Waals surface area contributed by atoms with E-state index in [1.807, 2.05) is 0 Å². The predicted octanol–water partition coefficient (Wildman–Crippen LogP) is 2.39. The second kappa shape index (κ2) is 9.67. The van der Waals surface area contributed by atoms with E-state index >= 15 is 0 Å². The number of hydrogen-bond donors (Lipinski definition) is 3. The van der Waals surface area contributed by atoms with Gasteiger partial charge < -0.3 is 24.8 Å². The van der Waals surface area contributed by atoms with Crippen LogP contribution in [-0.2, 0) is 9.47 Å². The van der Waals surface area contributed by atoms with Gasteiger partial charge in [0.05, 0.1) is 23.3 Å². The molecule has 158 valence electrons. The van der Waals surface area contributed by atoms with E-state index in [2.05, 4.69) is 0 Å². The summed E-state index contributed by atoms with van der Waals surface area (Å²) in [6.07, 6.45) is -1.77. The van der Waals surface area contributed by atoms with Crippen LogP contribution in [0.2, 0.25) is 0 Å². The molecule has 0 spiro atoms. The van der Waals surface area contributed by atoms with Gasteiger partial charge >= 0.3 is 11.9 Å². The molecule has 0 saturated carbocycles. The molecule has 30 heavy (non-hydrogen) atoms. The zero-order chi connectivity index (χ0) is 21.7. The maximum Gasteiger partial charge on any atom is 0.338 e. The molecule has 0 aromatic heterocycles. The molecule has 4 atom stereocenters. The smallest absolute Gasteiger partial charge is 0.338 e. The quantitative estimate of drug-likeness (QED) is 0.473. The molecule has 0 aliphatic heterocycles. The lowest BCUT2D eigenvalue weighted by atomic mass is 9.77. The molecule has 0 amide bonds. The lowest BCUT2D eigenvalue weighted by Crippen LogP contribution is -2.45. The number of carbonyl (C=O) groups excluding carboxylic acids is 1. The first-order chi connectivity index (χ1) is 14.4. The van der Waals surface area contributed by atoms with Gasteiger partial charge in [0.2, 0.25) is 0 Å². The van der Waals surface area contributed by atoms with Crippen molar-refractivity contribution in [2.24, 2.45) is 0 Å². The number of aliphatic hydroxyl groups is 2. The van der Waals surface area contributed by atoms with Crippen molar-refractivity contribution >= 4 is 11.9 Å². The Morgan fingerprint density at radius 2 is 1.67 bits per heavy atom. The molecule has 1 aliphatic rings. The van der Waals surface area contributed by atoms with E-state index in [4.69, 9.17) is 9.47 Å². The Morgan fingerprint density at radius 3 is 2.33 bits per heavy atom. The van der Waals surface area contributed by atoms with E-state index in [0.717, 1.165) is 0 Å². The summed E-state index contributed by atoms with van der Waals surface area (Å²) in [5, 5.41) is 31.0. The van der Waals surface area contributed by atoms with Crippen LogP contribution in [-0.4, -0.2) is 58.8 Å². The van der Waals surface area contributed by atoms with Crippen LogP contribution < -0.4 is 0 Å². The first kappa shape index (κ1) is 21.7. The SMILES string of the molecule is CCOC1C=C(COC(=O)c2ccccc2)C(O)C(O)C1c1ccccc1C(=O)O. The minimum absolute atomic E-state index is 0.0332. The molecule has 0 saturated heterocycles. The van der Waals surface area contributed by atoms with Gasteiger partial charge in [0.25, 0.3) is 0 Å². The monoisotopic (exact) mass is 412 g/mol. The van der Waals surface area contributed by atoms with E-state index in [-0.39, 0.29) is 12.2 Å². The van der Waals surface area contributed by atoms with Crippen molar-refractivity contribution in [1.29, 1.82) is 0 Å². The normalized spacial score (nSPS) is 23.5. The fourth-order valence-corrected chi connectivity index (χ4v) is 3.65. The average molecular weight is 412 g/mol. The largest absolute Gasteiger partial charge is 0.478 e. The molecule has 7 nitrogen and oxygen atoms in total. The van der Waals surface area contributed by atoms with E-state index in [1.165, 1.54) is 6.07 Å². The summed E-state index contributed by atoms with van der Waals surface area (Å²) in [5.41, 5.74) is 1.07. The average Bonchev–Trinajstić information content (AvgIpc) is 2.76. The summed E-state index contributed by atoms with van der Waals surface area (Å²) >= 11 is 0. The van der Waals surface area contributed by atoms with Gasteiger partial charge in [-0.05, 0) is 42.3 Å². The predicted molar refractivity (Wildman–Crippen MR) is 108 cm³/mol. The Labute approximate surface area is 174 Å². The Bertz CT molecular complexity index is 922. The third kappa shape index (κ3) is 4.59. The van der Waals surface area contributed by atoms with Crippen LogP contribution in [0.15, 0.2) is 66.2 Å². The molecular weight excluding hydrogens is 388 g/mol. The second-order valence-corrected chi connectivity index (χ2v) is 6.96. The van der Waals surface area contributed by atoms with E-state index in [0.29, 0.717) is 23.3 Å². The number of benzene rings is 2. The maximum absolute atomic E-state index is 12.2. The number of aliphatic hydroxyl groups excluding tert-OH is 2. The van der Waals surface area contributed by atoms with Crippen LogP contribution in [0.25, 0.3) is 0 Å². The maximum atomic E-state index is 12.2. The number of ether oxygens (including phenoxy) is 2. The number of carboxylic acids is 1. The van der Waals surface area contributed by atoms with Crippen LogP contribution in [0.1, 0.15) is 39.1 Å². The van der Waals surface area contributed by atoms with Crippen molar-refractivity contribution in [3.63, 3.8) is 0 Å². The third-order valence-electron chi connectivity index (χ3n) is 5.09. The van der Waals surface area contributed by atoms with Crippen molar-refractivity contribution in [1.82, 2.24) is 0 Å². The van der Waals surface area contributed by atoms with Crippen molar-refractivity contribution in [2.75, 3.05) is 13.2 Å². The Kier molecular flexibility index (Phi) is 6.99. The van der Waals surface area contributed by atoms with E-state index < -0.39 is 36.2 Å². The molecule has 3 rings (SSSR count). The fraction of sp³-hybridized carbons (Fsp3) is 0.304. The molecule has 2 aromatic carbocycles. The summed E-state index contributed by atoms with van der Waals surface area (Å²) in [4.78, 5) is 23.8. The summed E-state index contributed by atoms with van der Waals surface area (Å²) in [7, 11) is 0. The molecule has 1 aliphatic carbocycles. The summed E-state index contributed by atoms with van der Waals surface area (Å²) in [6, 6.07) is 14.8. The topological polar surface area (TPSA) is 113 Å². The highest BCUT2D eigenvalue weighted by molar-refractivity contribution is 5.90. The Hall–Kier alpha value is -3.00. The summed E-state index contributed by atoms with van der Waals surface area (Å²) in [5.74, 6) is -2.47. The molecule has 0 bridgehead atoms. The van der Waals surface area contributed by atoms with E-state index in [1.54, 1.807) is 61.5 Å². The lowest BCUT2D eigenvalue weighted by Gasteiger charge is -2.38. The highest BCUT2D eigenvalue weighted by Gasteiger charge is 2.41. The number of esters is 1. The highest BCUT2D eigenvalue weighted by Crippen LogP contribution is 2.36. The Morgan fingerprint density at radius 1 is 1.00 bits per heavy atom.